The van der Waals surface area contributed by atoms with Crippen molar-refractivity contribution >= 4 is 0 Å². The van der Waals surface area contributed by atoms with Crippen LogP contribution in [0.1, 0.15) is 47.0 Å². The van der Waals surface area contributed by atoms with Gasteiger partial charge in [0.1, 0.15) is 11.9 Å². The largest absolute Gasteiger partial charge is 0.469 e. The van der Waals surface area contributed by atoms with E-state index >= 15 is 0 Å². The zero-order valence-electron chi connectivity index (χ0n) is 10.6. The molecule has 1 aliphatic carbocycles. The number of benzene rings is 1. The summed E-state index contributed by atoms with van der Waals surface area (Å²) in [6.07, 6.45) is 5.93. The Hall–Kier alpha value is -1.54. The van der Waals surface area contributed by atoms with Gasteiger partial charge < -0.3 is 9.52 Å². The van der Waals surface area contributed by atoms with Crippen molar-refractivity contribution in [2.45, 2.75) is 38.7 Å². The first-order valence-electron chi connectivity index (χ1n) is 6.59. The van der Waals surface area contributed by atoms with Gasteiger partial charge in [-0.25, -0.2) is 0 Å². The van der Waals surface area contributed by atoms with Crippen molar-refractivity contribution in [3.05, 3.63) is 58.5 Å². The molecule has 2 aromatic rings. The minimum absolute atomic E-state index is 0.574. The second-order valence-corrected chi connectivity index (χ2v) is 5.13. The number of fused-ring (bicyclic) bond motifs is 1. The lowest BCUT2D eigenvalue weighted by Crippen LogP contribution is -2.05. The Balaban J connectivity index is 1.92. The summed E-state index contributed by atoms with van der Waals surface area (Å²) >= 11 is 0. The van der Waals surface area contributed by atoms with Crippen molar-refractivity contribution in [1.82, 2.24) is 0 Å². The third-order valence-electron chi connectivity index (χ3n) is 3.75. The predicted octanol–water partition coefficient (Wildman–Crippen LogP) is 3.55. The molecule has 0 saturated carbocycles. The first kappa shape index (κ1) is 11.5. The Kier molecular flexibility index (Phi) is 2.96. The van der Waals surface area contributed by atoms with Gasteiger partial charge in [0, 0.05) is 5.56 Å². The lowest BCUT2D eigenvalue weighted by Gasteiger charge is -2.18. The van der Waals surface area contributed by atoms with Crippen molar-refractivity contribution in [2.24, 2.45) is 0 Å². The third-order valence-corrected chi connectivity index (χ3v) is 3.75. The normalized spacial score (nSPS) is 16.3. The van der Waals surface area contributed by atoms with E-state index in [0.717, 1.165) is 23.3 Å². The highest BCUT2D eigenvalue weighted by Gasteiger charge is 2.16. The van der Waals surface area contributed by atoms with Crippen molar-refractivity contribution in [3.63, 3.8) is 0 Å². The summed E-state index contributed by atoms with van der Waals surface area (Å²) in [6, 6.07) is 8.25. The summed E-state index contributed by atoms with van der Waals surface area (Å²) in [5.74, 6) is 0.835. The summed E-state index contributed by atoms with van der Waals surface area (Å²) in [4.78, 5) is 0. The van der Waals surface area contributed by atoms with Gasteiger partial charge in [-0.15, -0.1) is 0 Å². The highest BCUT2D eigenvalue weighted by Crippen LogP contribution is 2.28. The van der Waals surface area contributed by atoms with Crippen LogP contribution in [0.25, 0.3) is 0 Å². The molecule has 3 rings (SSSR count). The molecule has 1 aromatic carbocycles. The number of hydrogen-bond acceptors (Lipinski definition) is 2. The van der Waals surface area contributed by atoms with Crippen LogP contribution >= 0.6 is 0 Å². The number of hydrogen-bond donors (Lipinski definition) is 1. The van der Waals surface area contributed by atoms with Crippen LogP contribution in [0.3, 0.4) is 0 Å². The Morgan fingerprint density at radius 3 is 2.56 bits per heavy atom. The minimum Gasteiger partial charge on any atom is -0.469 e. The van der Waals surface area contributed by atoms with Crippen LogP contribution in [-0.4, -0.2) is 5.11 Å². The summed E-state index contributed by atoms with van der Waals surface area (Å²) < 4.78 is 5.26. The molecule has 0 spiro atoms. The first-order valence-corrected chi connectivity index (χ1v) is 6.59. The molecular weight excluding hydrogens is 224 g/mol. The lowest BCUT2D eigenvalue weighted by atomic mass is 9.89. The molecule has 1 atom stereocenters. The molecule has 18 heavy (non-hydrogen) atoms. The van der Waals surface area contributed by atoms with E-state index in [1.54, 1.807) is 6.26 Å². The van der Waals surface area contributed by atoms with Gasteiger partial charge in [-0.3, -0.25) is 0 Å². The molecule has 1 aliphatic rings. The topological polar surface area (TPSA) is 33.4 Å². The van der Waals surface area contributed by atoms with E-state index in [1.807, 2.05) is 19.1 Å². The molecular formula is C16H18O2. The average molecular weight is 242 g/mol. The summed E-state index contributed by atoms with van der Waals surface area (Å²) in [5, 5.41) is 10.3. The van der Waals surface area contributed by atoms with Gasteiger partial charge in [0.05, 0.1) is 6.26 Å². The van der Waals surface area contributed by atoms with E-state index in [9.17, 15) is 5.11 Å². The predicted molar refractivity (Wildman–Crippen MR) is 70.6 cm³/mol. The average Bonchev–Trinajstić information content (AvgIpc) is 2.84. The fourth-order valence-corrected chi connectivity index (χ4v) is 2.72. The number of aliphatic hydroxyl groups excluding tert-OH is 1. The van der Waals surface area contributed by atoms with Gasteiger partial charge in [-0.1, -0.05) is 18.2 Å². The highest BCUT2D eigenvalue weighted by molar-refractivity contribution is 5.37. The Labute approximate surface area is 107 Å². The fourth-order valence-electron chi connectivity index (χ4n) is 2.72. The Morgan fingerprint density at radius 1 is 1.06 bits per heavy atom. The third kappa shape index (κ3) is 2.08. The molecule has 2 heteroatoms. The molecule has 1 N–H and O–H groups in total. The first-order chi connectivity index (χ1) is 8.74. The quantitative estimate of drug-likeness (QED) is 0.873. The van der Waals surface area contributed by atoms with Gasteiger partial charge in [-0.05, 0) is 55.4 Å². The number of furan rings is 1. The van der Waals surface area contributed by atoms with Crippen molar-refractivity contribution in [3.8, 4) is 0 Å². The van der Waals surface area contributed by atoms with Gasteiger partial charge in [0.15, 0.2) is 0 Å². The van der Waals surface area contributed by atoms with Crippen LogP contribution in [0.4, 0.5) is 0 Å². The number of aliphatic hydroxyl groups is 1. The molecule has 0 fully saturated rings. The van der Waals surface area contributed by atoms with E-state index in [-0.39, 0.29) is 0 Å². The van der Waals surface area contributed by atoms with Crippen LogP contribution < -0.4 is 0 Å². The monoisotopic (exact) mass is 242 g/mol. The van der Waals surface area contributed by atoms with Crippen molar-refractivity contribution < 1.29 is 9.52 Å². The Morgan fingerprint density at radius 2 is 1.83 bits per heavy atom. The molecule has 0 bridgehead atoms. The maximum atomic E-state index is 10.3. The minimum atomic E-state index is -0.574. The van der Waals surface area contributed by atoms with Crippen LogP contribution in [0.15, 0.2) is 34.9 Å². The molecule has 0 saturated heterocycles. The molecule has 1 aromatic heterocycles. The molecule has 94 valence electrons. The lowest BCUT2D eigenvalue weighted by molar-refractivity contribution is 0.219. The van der Waals surface area contributed by atoms with Crippen molar-refractivity contribution in [1.29, 1.82) is 0 Å². The maximum absolute atomic E-state index is 10.3. The van der Waals surface area contributed by atoms with E-state index in [0.29, 0.717) is 0 Å². The van der Waals surface area contributed by atoms with E-state index < -0.39 is 6.10 Å². The van der Waals surface area contributed by atoms with Crippen LogP contribution in [0.5, 0.6) is 0 Å². The van der Waals surface area contributed by atoms with E-state index in [2.05, 4.69) is 12.1 Å². The maximum Gasteiger partial charge on any atom is 0.107 e. The molecule has 0 amide bonds. The van der Waals surface area contributed by atoms with Gasteiger partial charge in [-0.2, -0.15) is 0 Å². The van der Waals surface area contributed by atoms with Crippen LogP contribution in [-0.2, 0) is 12.8 Å². The van der Waals surface area contributed by atoms with Gasteiger partial charge in [0.2, 0.25) is 0 Å². The second kappa shape index (κ2) is 4.62. The molecule has 0 aliphatic heterocycles. The fraction of sp³-hybridized carbons (Fsp3) is 0.375. The second-order valence-electron chi connectivity index (χ2n) is 5.13. The SMILES string of the molecule is Cc1cc(C(O)c2ccc3c(c2)CCCC3)co1. The van der Waals surface area contributed by atoms with E-state index in [1.165, 1.54) is 30.4 Å². The summed E-state index contributed by atoms with van der Waals surface area (Å²) in [5.41, 5.74) is 4.65. The van der Waals surface area contributed by atoms with Gasteiger partial charge in [0.25, 0.3) is 0 Å². The molecule has 1 unspecified atom stereocenters. The molecule has 0 radical (unpaired) electrons. The Bertz CT molecular complexity index is 554. The zero-order valence-corrected chi connectivity index (χ0v) is 10.6. The molecule has 2 nitrogen and oxygen atoms in total. The smallest absolute Gasteiger partial charge is 0.107 e. The number of rotatable bonds is 2. The van der Waals surface area contributed by atoms with Crippen LogP contribution in [0.2, 0.25) is 0 Å². The van der Waals surface area contributed by atoms with Gasteiger partial charge >= 0.3 is 0 Å². The summed E-state index contributed by atoms with van der Waals surface area (Å²) in [6.45, 7) is 1.89. The molecule has 1 heterocycles. The van der Waals surface area contributed by atoms with Crippen LogP contribution in [0, 0.1) is 6.92 Å². The highest BCUT2D eigenvalue weighted by atomic mass is 16.3. The standard InChI is InChI=1S/C16H18O2/c1-11-8-15(10-18-11)16(17)14-7-6-12-4-2-3-5-13(12)9-14/h6-10,16-17H,2-5H2,1H3. The zero-order chi connectivity index (χ0) is 12.5. The number of aryl methyl sites for hydroxylation is 3. The van der Waals surface area contributed by atoms with E-state index in [4.69, 9.17) is 4.42 Å². The van der Waals surface area contributed by atoms with Crippen molar-refractivity contribution in [2.75, 3.05) is 0 Å². The summed E-state index contributed by atoms with van der Waals surface area (Å²) in [7, 11) is 0.